The number of hydrogen-bond acceptors (Lipinski definition) is 5. The van der Waals surface area contributed by atoms with Crippen LogP contribution in [0.3, 0.4) is 0 Å². The highest BCUT2D eigenvalue weighted by Gasteiger charge is 2.10. The predicted octanol–water partition coefficient (Wildman–Crippen LogP) is 1.23. The van der Waals surface area contributed by atoms with Crippen LogP contribution in [0.2, 0.25) is 0 Å². The van der Waals surface area contributed by atoms with Crippen LogP contribution in [0.5, 0.6) is 5.75 Å². The molecule has 26 heavy (non-hydrogen) atoms. The second-order valence-electron chi connectivity index (χ2n) is 6.09. The average molecular weight is 364 g/mol. The Morgan fingerprint density at radius 3 is 2.88 bits per heavy atom. The van der Waals surface area contributed by atoms with Gasteiger partial charge >= 0.3 is 0 Å². The first-order valence-corrected chi connectivity index (χ1v) is 9.42. The number of hydrogen-bond donors (Lipinski definition) is 2. The van der Waals surface area contributed by atoms with Crippen molar-refractivity contribution in [2.45, 2.75) is 19.9 Å². The molecule has 2 rings (SSSR count). The molecule has 0 unspecified atom stereocenters. The molecular formula is C19H32N4O3. The van der Waals surface area contributed by atoms with Crippen LogP contribution >= 0.6 is 0 Å². The van der Waals surface area contributed by atoms with E-state index in [1.54, 1.807) is 0 Å². The molecule has 7 nitrogen and oxygen atoms in total. The van der Waals surface area contributed by atoms with Crippen molar-refractivity contribution in [1.82, 2.24) is 10.2 Å². The lowest BCUT2D eigenvalue weighted by molar-refractivity contribution is 0.0322. The van der Waals surface area contributed by atoms with E-state index in [4.69, 9.17) is 19.9 Å². The molecule has 1 fully saturated rings. The first kappa shape index (κ1) is 20.5. The van der Waals surface area contributed by atoms with Crippen LogP contribution in [-0.4, -0.2) is 70.1 Å². The minimum absolute atomic E-state index is 0.449. The topological polar surface area (TPSA) is 81.3 Å². The molecule has 0 bridgehead atoms. The van der Waals surface area contributed by atoms with Crippen molar-refractivity contribution in [3.63, 3.8) is 0 Å². The van der Waals surface area contributed by atoms with Gasteiger partial charge in [-0.15, -0.1) is 0 Å². The normalized spacial score (nSPS) is 15.8. The Morgan fingerprint density at radius 2 is 2.08 bits per heavy atom. The van der Waals surface area contributed by atoms with E-state index in [9.17, 15) is 0 Å². The molecule has 1 aliphatic heterocycles. The van der Waals surface area contributed by atoms with Gasteiger partial charge in [0.15, 0.2) is 5.96 Å². The number of ether oxygens (including phenoxy) is 3. The predicted molar refractivity (Wildman–Crippen MR) is 104 cm³/mol. The van der Waals surface area contributed by atoms with Crippen molar-refractivity contribution >= 4 is 5.96 Å². The summed E-state index contributed by atoms with van der Waals surface area (Å²) < 4.78 is 16.6. The van der Waals surface area contributed by atoms with E-state index in [0.717, 1.165) is 70.3 Å². The summed E-state index contributed by atoms with van der Waals surface area (Å²) in [6, 6.07) is 7.98. The fraction of sp³-hybridized carbons (Fsp3) is 0.632. The number of aliphatic imine (C=N–C) groups is 1. The third-order valence-electron chi connectivity index (χ3n) is 4.14. The summed E-state index contributed by atoms with van der Waals surface area (Å²) in [5, 5.41) is 3.11. The van der Waals surface area contributed by atoms with Gasteiger partial charge in [0.2, 0.25) is 0 Å². The Kier molecular flexibility index (Phi) is 9.86. The molecule has 3 N–H and O–H groups in total. The molecule has 1 aromatic carbocycles. The molecule has 7 heteroatoms. The highest BCUT2D eigenvalue weighted by molar-refractivity contribution is 5.77. The van der Waals surface area contributed by atoms with Gasteiger partial charge in [0.25, 0.3) is 0 Å². The number of rotatable bonds is 11. The second-order valence-corrected chi connectivity index (χ2v) is 6.09. The third-order valence-corrected chi connectivity index (χ3v) is 4.14. The monoisotopic (exact) mass is 364 g/mol. The minimum Gasteiger partial charge on any atom is -0.492 e. The van der Waals surface area contributed by atoms with Crippen LogP contribution in [0, 0.1) is 0 Å². The number of guanidine groups is 1. The van der Waals surface area contributed by atoms with Crippen molar-refractivity contribution in [2.75, 3.05) is 59.2 Å². The van der Waals surface area contributed by atoms with Gasteiger partial charge < -0.3 is 25.3 Å². The summed E-state index contributed by atoms with van der Waals surface area (Å²) >= 11 is 0. The first-order valence-electron chi connectivity index (χ1n) is 9.42. The first-order chi connectivity index (χ1) is 12.8. The summed E-state index contributed by atoms with van der Waals surface area (Å²) in [6.07, 6.45) is 0.908. The van der Waals surface area contributed by atoms with E-state index >= 15 is 0 Å². The van der Waals surface area contributed by atoms with Gasteiger partial charge in [-0.2, -0.15) is 0 Å². The van der Waals surface area contributed by atoms with E-state index in [1.165, 1.54) is 0 Å². The maximum Gasteiger partial charge on any atom is 0.188 e. The van der Waals surface area contributed by atoms with Crippen LogP contribution in [0.25, 0.3) is 0 Å². The van der Waals surface area contributed by atoms with Gasteiger partial charge in [-0.05, 0) is 19.4 Å². The summed E-state index contributed by atoms with van der Waals surface area (Å²) in [6.45, 7) is 9.85. The lowest BCUT2D eigenvalue weighted by Crippen LogP contribution is -2.38. The SMILES string of the molecule is CCOCCCNC(N)=NCc1ccccc1OCCN1CCOCC1. The fourth-order valence-corrected chi connectivity index (χ4v) is 2.65. The molecule has 1 aliphatic rings. The van der Waals surface area contributed by atoms with Gasteiger partial charge in [-0.1, -0.05) is 18.2 Å². The van der Waals surface area contributed by atoms with E-state index in [2.05, 4.69) is 15.2 Å². The van der Waals surface area contributed by atoms with Crippen LogP contribution in [0.1, 0.15) is 18.9 Å². The quantitative estimate of drug-likeness (QED) is 0.349. The number of nitrogens with zero attached hydrogens (tertiary/aromatic N) is 2. The van der Waals surface area contributed by atoms with E-state index in [1.807, 2.05) is 31.2 Å². The molecule has 0 saturated carbocycles. The average Bonchev–Trinajstić information content (AvgIpc) is 2.68. The Labute approximate surface area is 156 Å². The molecule has 0 spiro atoms. The van der Waals surface area contributed by atoms with E-state index in [-0.39, 0.29) is 0 Å². The number of nitrogens with one attached hydrogen (secondary N) is 1. The minimum atomic E-state index is 0.449. The van der Waals surface area contributed by atoms with Gasteiger partial charge in [0.05, 0.1) is 19.8 Å². The van der Waals surface area contributed by atoms with Crippen molar-refractivity contribution in [3.8, 4) is 5.75 Å². The maximum atomic E-state index is 5.97. The molecule has 0 radical (unpaired) electrons. The third kappa shape index (κ3) is 8.03. The van der Waals surface area contributed by atoms with Gasteiger partial charge in [-0.3, -0.25) is 4.90 Å². The Hall–Kier alpha value is -1.83. The van der Waals surface area contributed by atoms with Crippen molar-refractivity contribution in [3.05, 3.63) is 29.8 Å². The lowest BCUT2D eigenvalue weighted by atomic mass is 10.2. The number of para-hydroxylation sites is 1. The zero-order chi connectivity index (χ0) is 18.5. The Balaban J connectivity index is 1.73. The number of nitrogens with two attached hydrogens (primary N) is 1. The second kappa shape index (κ2) is 12.5. The smallest absolute Gasteiger partial charge is 0.188 e. The van der Waals surface area contributed by atoms with E-state index in [0.29, 0.717) is 19.1 Å². The Bertz CT molecular complexity index is 533. The highest BCUT2D eigenvalue weighted by Crippen LogP contribution is 2.18. The lowest BCUT2D eigenvalue weighted by Gasteiger charge is -2.26. The Morgan fingerprint density at radius 1 is 1.27 bits per heavy atom. The molecule has 1 saturated heterocycles. The van der Waals surface area contributed by atoms with Gasteiger partial charge in [0, 0.05) is 45.0 Å². The molecule has 1 aromatic rings. The molecule has 0 aromatic heterocycles. The van der Waals surface area contributed by atoms with E-state index < -0.39 is 0 Å². The van der Waals surface area contributed by atoms with Crippen LogP contribution in [0.15, 0.2) is 29.3 Å². The summed E-state index contributed by atoms with van der Waals surface area (Å²) in [4.78, 5) is 6.76. The molecule has 0 amide bonds. The number of morpholine rings is 1. The highest BCUT2D eigenvalue weighted by atomic mass is 16.5. The van der Waals surface area contributed by atoms with Crippen molar-refractivity contribution in [1.29, 1.82) is 0 Å². The van der Waals surface area contributed by atoms with Gasteiger partial charge in [-0.25, -0.2) is 4.99 Å². The fourth-order valence-electron chi connectivity index (χ4n) is 2.65. The zero-order valence-electron chi connectivity index (χ0n) is 15.8. The summed E-state index contributed by atoms with van der Waals surface area (Å²) in [5.74, 6) is 1.32. The molecule has 0 aliphatic carbocycles. The maximum absolute atomic E-state index is 5.97. The molecule has 0 atom stereocenters. The molecule has 1 heterocycles. The zero-order valence-corrected chi connectivity index (χ0v) is 15.8. The van der Waals surface area contributed by atoms with Crippen molar-refractivity contribution < 1.29 is 14.2 Å². The van der Waals surface area contributed by atoms with Gasteiger partial charge in [0.1, 0.15) is 12.4 Å². The summed E-state index contributed by atoms with van der Waals surface area (Å²) in [7, 11) is 0. The largest absolute Gasteiger partial charge is 0.492 e. The van der Waals surface area contributed by atoms with Crippen LogP contribution in [-0.2, 0) is 16.0 Å². The van der Waals surface area contributed by atoms with Crippen molar-refractivity contribution in [2.24, 2.45) is 10.7 Å². The number of benzene rings is 1. The summed E-state index contributed by atoms with van der Waals surface area (Å²) in [5.41, 5.74) is 6.96. The van der Waals surface area contributed by atoms with Crippen LogP contribution < -0.4 is 15.8 Å². The molecule has 146 valence electrons. The van der Waals surface area contributed by atoms with Crippen LogP contribution in [0.4, 0.5) is 0 Å². The standard InChI is InChI=1S/C19H32N4O3/c1-2-24-12-5-8-21-19(20)22-16-17-6-3-4-7-18(17)26-15-11-23-9-13-25-14-10-23/h3-4,6-7H,2,5,8-16H2,1H3,(H3,20,21,22). The molecular weight excluding hydrogens is 332 g/mol.